The van der Waals surface area contributed by atoms with Gasteiger partial charge in [-0.2, -0.15) is 0 Å². The Hall–Kier alpha value is -1.42. The lowest BCUT2D eigenvalue weighted by molar-refractivity contribution is 0.0948. The van der Waals surface area contributed by atoms with Gasteiger partial charge in [0.05, 0.1) is 0 Å². The molecule has 4 heteroatoms. The Morgan fingerprint density at radius 3 is 3.11 bits per heavy atom. The van der Waals surface area contributed by atoms with Crippen LogP contribution in [0, 0.1) is 0 Å². The molecule has 98 valence electrons. The lowest BCUT2D eigenvalue weighted by Crippen LogP contribution is -2.25. The summed E-state index contributed by atoms with van der Waals surface area (Å²) >= 11 is 0. The molecule has 0 radical (unpaired) electrons. The van der Waals surface area contributed by atoms with E-state index in [4.69, 9.17) is 0 Å². The van der Waals surface area contributed by atoms with E-state index in [0.29, 0.717) is 18.3 Å². The molecule has 0 bridgehead atoms. The number of likely N-dealkylation sites (tertiary alicyclic amines) is 1. The minimum atomic E-state index is -0.0700. The molecule has 2 rings (SSSR count). The molecule has 0 aromatic carbocycles. The summed E-state index contributed by atoms with van der Waals surface area (Å²) in [7, 11) is 2.13. The molecule has 1 atom stereocenters. The minimum absolute atomic E-state index is 0.0700. The molecule has 1 aromatic rings. The van der Waals surface area contributed by atoms with Gasteiger partial charge in [0, 0.05) is 18.8 Å². The highest BCUT2D eigenvalue weighted by molar-refractivity contribution is 5.92. The van der Waals surface area contributed by atoms with Gasteiger partial charge in [0.15, 0.2) is 0 Å². The third kappa shape index (κ3) is 2.88. The number of hydrogen-bond acceptors (Lipinski definition) is 3. The van der Waals surface area contributed by atoms with E-state index < -0.39 is 0 Å². The average Bonchev–Trinajstić information content (AvgIpc) is 2.82. The standard InChI is InChI=1S/C14H21N3O/c1-3-7-16-14(18)12-10-11(6-8-15-12)13-5-4-9-17(13)2/h6,8,10,13H,3-5,7,9H2,1-2H3,(H,16,18)/t13-/m1/s1. The van der Waals surface area contributed by atoms with Crippen molar-refractivity contribution in [2.45, 2.75) is 32.2 Å². The maximum atomic E-state index is 11.9. The van der Waals surface area contributed by atoms with Crippen molar-refractivity contribution >= 4 is 5.91 Å². The summed E-state index contributed by atoms with van der Waals surface area (Å²) in [4.78, 5) is 18.4. The zero-order valence-electron chi connectivity index (χ0n) is 11.1. The first kappa shape index (κ1) is 13.0. The van der Waals surface area contributed by atoms with Gasteiger partial charge in [-0.15, -0.1) is 0 Å². The van der Waals surface area contributed by atoms with Crippen LogP contribution in [0.5, 0.6) is 0 Å². The quantitative estimate of drug-likeness (QED) is 0.885. The van der Waals surface area contributed by atoms with E-state index in [9.17, 15) is 4.79 Å². The zero-order chi connectivity index (χ0) is 13.0. The lowest BCUT2D eigenvalue weighted by Gasteiger charge is -2.19. The number of carbonyl (C=O) groups is 1. The van der Waals surface area contributed by atoms with E-state index >= 15 is 0 Å². The Kier molecular flexibility index (Phi) is 4.31. The van der Waals surface area contributed by atoms with E-state index in [1.165, 1.54) is 12.0 Å². The van der Waals surface area contributed by atoms with Gasteiger partial charge in [0.2, 0.25) is 0 Å². The number of pyridine rings is 1. The van der Waals surface area contributed by atoms with Gasteiger partial charge in [-0.05, 0) is 50.6 Å². The van der Waals surface area contributed by atoms with Crippen molar-refractivity contribution in [3.63, 3.8) is 0 Å². The van der Waals surface area contributed by atoms with Crippen LogP contribution in [0.15, 0.2) is 18.3 Å². The van der Waals surface area contributed by atoms with Gasteiger partial charge in [-0.1, -0.05) is 6.92 Å². The van der Waals surface area contributed by atoms with Gasteiger partial charge in [-0.3, -0.25) is 14.7 Å². The number of amides is 1. The molecule has 1 amide bonds. The number of aromatic nitrogens is 1. The fourth-order valence-electron chi connectivity index (χ4n) is 2.44. The van der Waals surface area contributed by atoms with Gasteiger partial charge in [-0.25, -0.2) is 0 Å². The lowest BCUT2D eigenvalue weighted by atomic mass is 10.1. The molecule has 2 heterocycles. The Morgan fingerprint density at radius 1 is 1.61 bits per heavy atom. The SMILES string of the molecule is CCCNC(=O)c1cc([C@H]2CCCN2C)ccn1. The summed E-state index contributed by atoms with van der Waals surface area (Å²) in [5, 5.41) is 2.86. The third-order valence-corrected chi connectivity index (χ3v) is 3.46. The molecule has 1 aliphatic rings. The Labute approximate surface area is 108 Å². The van der Waals surface area contributed by atoms with Crippen molar-refractivity contribution in [2.24, 2.45) is 0 Å². The molecule has 0 saturated carbocycles. The molecule has 1 saturated heterocycles. The van der Waals surface area contributed by atoms with Gasteiger partial charge < -0.3 is 5.32 Å². The second-order valence-corrected chi connectivity index (χ2v) is 4.87. The monoisotopic (exact) mass is 247 g/mol. The number of nitrogens with one attached hydrogen (secondary N) is 1. The van der Waals surface area contributed by atoms with Crippen LogP contribution in [0.25, 0.3) is 0 Å². The van der Waals surface area contributed by atoms with Crippen molar-refractivity contribution in [3.8, 4) is 0 Å². The smallest absolute Gasteiger partial charge is 0.269 e. The minimum Gasteiger partial charge on any atom is -0.351 e. The summed E-state index contributed by atoms with van der Waals surface area (Å²) in [5.41, 5.74) is 1.73. The number of hydrogen-bond donors (Lipinski definition) is 1. The van der Waals surface area contributed by atoms with Crippen LogP contribution in [-0.4, -0.2) is 35.9 Å². The Bertz CT molecular complexity index is 419. The van der Waals surface area contributed by atoms with E-state index in [2.05, 4.69) is 22.2 Å². The molecule has 0 unspecified atom stereocenters. The van der Waals surface area contributed by atoms with Crippen LogP contribution < -0.4 is 5.32 Å². The number of rotatable bonds is 4. The van der Waals surface area contributed by atoms with Gasteiger partial charge >= 0.3 is 0 Å². The number of carbonyl (C=O) groups excluding carboxylic acids is 1. The van der Waals surface area contributed by atoms with Gasteiger partial charge in [0.1, 0.15) is 5.69 Å². The predicted molar refractivity (Wildman–Crippen MR) is 71.5 cm³/mol. The summed E-state index contributed by atoms with van der Waals surface area (Å²) in [6.45, 7) is 3.87. The first-order chi connectivity index (χ1) is 8.72. The van der Waals surface area contributed by atoms with Crippen molar-refractivity contribution in [1.29, 1.82) is 0 Å². The summed E-state index contributed by atoms with van der Waals surface area (Å²) in [6, 6.07) is 4.38. The van der Waals surface area contributed by atoms with Crippen LogP contribution in [0.4, 0.5) is 0 Å². The second kappa shape index (κ2) is 5.96. The molecule has 1 N–H and O–H groups in total. The zero-order valence-corrected chi connectivity index (χ0v) is 11.1. The normalized spacial score (nSPS) is 20.0. The first-order valence-electron chi connectivity index (χ1n) is 6.66. The van der Waals surface area contributed by atoms with E-state index in [0.717, 1.165) is 19.4 Å². The predicted octanol–water partition coefficient (Wildman–Crippen LogP) is 1.99. The molecular weight excluding hydrogens is 226 g/mol. The first-order valence-corrected chi connectivity index (χ1v) is 6.66. The van der Waals surface area contributed by atoms with Gasteiger partial charge in [0.25, 0.3) is 5.91 Å². The fraction of sp³-hybridized carbons (Fsp3) is 0.571. The third-order valence-electron chi connectivity index (χ3n) is 3.46. The molecule has 0 spiro atoms. The van der Waals surface area contributed by atoms with Crippen molar-refractivity contribution in [2.75, 3.05) is 20.1 Å². The van der Waals surface area contributed by atoms with Crippen molar-refractivity contribution in [3.05, 3.63) is 29.6 Å². The molecule has 1 aliphatic heterocycles. The highest BCUT2D eigenvalue weighted by Crippen LogP contribution is 2.30. The van der Waals surface area contributed by atoms with Crippen LogP contribution in [0.1, 0.15) is 48.3 Å². The molecular formula is C14H21N3O. The van der Waals surface area contributed by atoms with E-state index in [1.807, 2.05) is 19.1 Å². The van der Waals surface area contributed by atoms with Crippen LogP contribution in [-0.2, 0) is 0 Å². The summed E-state index contributed by atoms with van der Waals surface area (Å²) in [5.74, 6) is -0.0700. The largest absolute Gasteiger partial charge is 0.351 e. The van der Waals surface area contributed by atoms with Crippen LogP contribution >= 0.6 is 0 Å². The fourth-order valence-corrected chi connectivity index (χ4v) is 2.44. The second-order valence-electron chi connectivity index (χ2n) is 4.87. The molecule has 1 aromatic heterocycles. The summed E-state index contributed by atoms with van der Waals surface area (Å²) in [6.07, 6.45) is 5.07. The Balaban J connectivity index is 2.12. The van der Waals surface area contributed by atoms with E-state index in [1.54, 1.807) is 6.20 Å². The summed E-state index contributed by atoms with van der Waals surface area (Å²) < 4.78 is 0. The van der Waals surface area contributed by atoms with Crippen molar-refractivity contribution in [1.82, 2.24) is 15.2 Å². The molecule has 4 nitrogen and oxygen atoms in total. The molecule has 18 heavy (non-hydrogen) atoms. The number of nitrogens with zero attached hydrogens (tertiary/aromatic N) is 2. The van der Waals surface area contributed by atoms with Crippen molar-refractivity contribution < 1.29 is 4.79 Å². The Morgan fingerprint density at radius 2 is 2.44 bits per heavy atom. The topological polar surface area (TPSA) is 45.2 Å². The van der Waals surface area contributed by atoms with Crippen LogP contribution in [0.2, 0.25) is 0 Å². The molecule has 1 fully saturated rings. The highest BCUT2D eigenvalue weighted by atomic mass is 16.1. The maximum absolute atomic E-state index is 11.9. The molecule has 0 aliphatic carbocycles. The van der Waals surface area contributed by atoms with E-state index in [-0.39, 0.29) is 5.91 Å². The highest BCUT2D eigenvalue weighted by Gasteiger charge is 2.23. The average molecular weight is 247 g/mol. The maximum Gasteiger partial charge on any atom is 0.269 e. The van der Waals surface area contributed by atoms with Crippen LogP contribution in [0.3, 0.4) is 0 Å².